The van der Waals surface area contributed by atoms with Gasteiger partial charge in [0.25, 0.3) is 0 Å². The topological polar surface area (TPSA) is 40.6 Å². The Labute approximate surface area is 141 Å². The number of piperidine rings is 1. The number of carbonyl (C=O) groups is 2. The van der Waals surface area contributed by atoms with Crippen LogP contribution in [-0.2, 0) is 9.59 Å². The normalized spacial score (nSPS) is 26.8. The van der Waals surface area contributed by atoms with E-state index in [-0.39, 0.29) is 37.8 Å². The summed E-state index contributed by atoms with van der Waals surface area (Å²) in [6.45, 7) is 4.21. The van der Waals surface area contributed by atoms with Gasteiger partial charge in [0.1, 0.15) is 5.54 Å². The molecule has 0 saturated carbocycles. The molecule has 2 atom stereocenters. The zero-order chi connectivity index (χ0) is 18.0. The molecule has 0 bridgehead atoms. The third-order valence-electron chi connectivity index (χ3n) is 5.34. The van der Waals surface area contributed by atoms with Crippen LogP contribution in [-0.4, -0.2) is 52.5 Å². The molecule has 2 fully saturated rings. The van der Waals surface area contributed by atoms with Crippen LogP contribution in [0.3, 0.4) is 0 Å². The molecule has 2 heterocycles. The Morgan fingerprint density at radius 3 is 2.54 bits per heavy atom. The molecule has 2 saturated heterocycles. The van der Waals surface area contributed by atoms with Crippen molar-refractivity contribution < 1.29 is 22.8 Å². The molecule has 4 nitrogen and oxygen atoms in total. The van der Waals surface area contributed by atoms with Gasteiger partial charge in [-0.05, 0) is 39.0 Å². The lowest BCUT2D eigenvalue weighted by atomic mass is 9.89. The highest BCUT2D eigenvalue weighted by molar-refractivity contribution is 5.81. The van der Waals surface area contributed by atoms with Crippen molar-refractivity contribution in [2.75, 3.05) is 13.1 Å². The molecule has 0 radical (unpaired) electrons. The number of nitrogens with zero attached hydrogens (tertiary/aromatic N) is 2. The fraction of sp³-hybridized carbons (Fsp3) is 0.882. The van der Waals surface area contributed by atoms with Crippen molar-refractivity contribution in [1.82, 2.24) is 9.80 Å². The first-order valence-electron chi connectivity index (χ1n) is 8.89. The molecule has 2 aliphatic heterocycles. The summed E-state index contributed by atoms with van der Waals surface area (Å²) in [6.07, 6.45) is -1.58. The maximum Gasteiger partial charge on any atom is 0.411 e. The Balaban J connectivity index is 2.11. The van der Waals surface area contributed by atoms with E-state index >= 15 is 0 Å². The van der Waals surface area contributed by atoms with Gasteiger partial charge in [-0.1, -0.05) is 13.3 Å². The van der Waals surface area contributed by atoms with Gasteiger partial charge in [0.05, 0.1) is 0 Å². The minimum absolute atomic E-state index is 0.00128. The van der Waals surface area contributed by atoms with Crippen molar-refractivity contribution in [2.45, 2.75) is 83.0 Å². The summed E-state index contributed by atoms with van der Waals surface area (Å²) in [4.78, 5) is 27.3. The molecule has 0 aromatic rings. The van der Waals surface area contributed by atoms with Gasteiger partial charge in [0.15, 0.2) is 0 Å². The monoisotopic (exact) mass is 348 g/mol. The molecule has 0 N–H and O–H groups in total. The number of alkyl halides is 3. The van der Waals surface area contributed by atoms with E-state index in [1.165, 1.54) is 0 Å². The average Bonchev–Trinajstić information content (AvgIpc) is 2.93. The third kappa shape index (κ3) is 3.54. The highest BCUT2D eigenvalue weighted by Crippen LogP contribution is 2.46. The van der Waals surface area contributed by atoms with Crippen LogP contribution in [0.5, 0.6) is 0 Å². The standard InChI is InChI=1S/C17H27F3N2O2/c1-3-8-16(17(18,19)20)9-6-11-22(16)15(24)12-13(2)21-10-5-4-7-14(21)23/h13H,3-12H2,1-2H3/t13-,16+/m0/s1. The second kappa shape index (κ2) is 7.31. The van der Waals surface area contributed by atoms with E-state index in [1.54, 1.807) is 18.7 Å². The molecule has 0 spiro atoms. The van der Waals surface area contributed by atoms with Gasteiger partial charge >= 0.3 is 6.18 Å². The molecule has 2 amide bonds. The van der Waals surface area contributed by atoms with E-state index in [2.05, 4.69) is 0 Å². The Bertz CT molecular complexity index is 481. The van der Waals surface area contributed by atoms with Gasteiger partial charge < -0.3 is 9.80 Å². The molecular weight excluding hydrogens is 321 g/mol. The quantitative estimate of drug-likeness (QED) is 0.763. The van der Waals surface area contributed by atoms with E-state index in [1.807, 2.05) is 0 Å². The second-order valence-corrected chi connectivity index (χ2v) is 7.03. The van der Waals surface area contributed by atoms with Gasteiger partial charge in [-0.3, -0.25) is 9.59 Å². The van der Waals surface area contributed by atoms with E-state index in [0.717, 1.165) is 17.7 Å². The molecule has 138 valence electrons. The molecule has 24 heavy (non-hydrogen) atoms. The van der Waals surface area contributed by atoms with Crippen molar-refractivity contribution in [3.8, 4) is 0 Å². The lowest BCUT2D eigenvalue weighted by Gasteiger charge is -2.41. The van der Waals surface area contributed by atoms with E-state index < -0.39 is 17.6 Å². The Morgan fingerprint density at radius 1 is 1.25 bits per heavy atom. The van der Waals surface area contributed by atoms with Crippen molar-refractivity contribution >= 4 is 11.8 Å². The maximum atomic E-state index is 13.7. The van der Waals surface area contributed by atoms with Gasteiger partial charge in [-0.25, -0.2) is 0 Å². The first-order valence-corrected chi connectivity index (χ1v) is 8.89. The number of hydrogen-bond acceptors (Lipinski definition) is 2. The van der Waals surface area contributed by atoms with Gasteiger partial charge in [0.2, 0.25) is 11.8 Å². The van der Waals surface area contributed by atoms with Crippen LogP contribution in [0, 0.1) is 0 Å². The highest BCUT2D eigenvalue weighted by atomic mass is 19.4. The summed E-state index contributed by atoms with van der Waals surface area (Å²) in [5, 5.41) is 0. The van der Waals surface area contributed by atoms with Crippen LogP contribution in [0.1, 0.15) is 65.2 Å². The molecule has 2 aliphatic rings. The van der Waals surface area contributed by atoms with Crippen molar-refractivity contribution in [3.05, 3.63) is 0 Å². The lowest BCUT2D eigenvalue weighted by molar-refractivity contribution is -0.226. The molecule has 7 heteroatoms. The van der Waals surface area contributed by atoms with Crippen LogP contribution in [0.25, 0.3) is 0 Å². The fourth-order valence-corrected chi connectivity index (χ4v) is 4.12. The molecule has 0 unspecified atom stereocenters. The summed E-state index contributed by atoms with van der Waals surface area (Å²) >= 11 is 0. The Kier molecular flexibility index (Phi) is 5.81. The third-order valence-corrected chi connectivity index (χ3v) is 5.34. The van der Waals surface area contributed by atoms with Crippen LogP contribution < -0.4 is 0 Å². The SMILES string of the molecule is CCC[C@]1(C(F)(F)F)CCCN1C(=O)C[C@H](C)N1CCCCC1=O. The summed E-state index contributed by atoms with van der Waals surface area (Å²) in [5.41, 5.74) is -2.02. The van der Waals surface area contributed by atoms with Crippen LogP contribution >= 0.6 is 0 Å². The first-order chi connectivity index (χ1) is 11.2. The fourth-order valence-electron chi connectivity index (χ4n) is 4.12. The largest absolute Gasteiger partial charge is 0.411 e. The van der Waals surface area contributed by atoms with Crippen LogP contribution in [0.15, 0.2) is 0 Å². The molecule has 0 aliphatic carbocycles. The van der Waals surface area contributed by atoms with Crippen molar-refractivity contribution in [2.24, 2.45) is 0 Å². The van der Waals surface area contributed by atoms with Crippen LogP contribution in [0.2, 0.25) is 0 Å². The van der Waals surface area contributed by atoms with Gasteiger partial charge in [-0.2, -0.15) is 13.2 Å². The summed E-state index contributed by atoms with van der Waals surface area (Å²) in [6, 6.07) is -0.349. The van der Waals surface area contributed by atoms with Crippen molar-refractivity contribution in [3.63, 3.8) is 0 Å². The van der Waals surface area contributed by atoms with E-state index in [9.17, 15) is 22.8 Å². The summed E-state index contributed by atoms with van der Waals surface area (Å²) < 4.78 is 41.1. The Morgan fingerprint density at radius 2 is 1.96 bits per heavy atom. The van der Waals surface area contributed by atoms with Gasteiger partial charge in [-0.15, -0.1) is 0 Å². The predicted octanol–water partition coefficient (Wildman–Crippen LogP) is 3.50. The highest BCUT2D eigenvalue weighted by Gasteiger charge is 2.60. The zero-order valence-electron chi connectivity index (χ0n) is 14.5. The van der Waals surface area contributed by atoms with Crippen LogP contribution in [0.4, 0.5) is 13.2 Å². The molecule has 0 aromatic carbocycles. The number of amides is 2. The van der Waals surface area contributed by atoms with E-state index in [4.69, 9.17) is 0 Å². The predicted molar refractivity (Wildman–Crippen MR) is 84.3 cm³/mol. The average molecular weight is 348 g/mol. The zero-order valence-corrected chi connectivity index (χ0v) is 14.5. The smallest absolute Gasteiger partial charge is 0.339 e. The summed E-state index contributed by atoms with van der Waals surface area (Å²) in [7, 11) is 0. The number of likely N-dealkylation sites (tertiary alicyclic amines) is 2. The number of rotatable bonds is 5. The number of halogens is 3. The maximum absolute atomic E-state index is 13.7. The molecular formula is C17H27F3N2O2. The molecule has 0 aromatic heterocycles. The minimum Gasteiger partial charge on any atom is -0.339 e. The Hall–Kier alpha value is -1.27. The lowest BCUT2D eigenvalue weighted by Crippen LogP contribution is -2.58. The first kappa shape index (κ1) is 19.1. The van der Waals surface area contributed by atoms with E-state index in [0.29, 0.717) is 25.8 Å². The number of carbonyl (C=O) groups excluding carboxylic acids is 2. The second-order valence-electron chi connectivity index (χ2n) is 7.03. The minimum atomic E-state index is -4.42. The van der Waals surface area contributed by atoms with Crippen molar-refractivity contribution in [1.29, 1.82) is 0 Å². The van der Waals surface area contributed by atoms with Gasteiger partial charge in [0, 0.05) is 32.0 Å². The number of hydrogen-bond donors (Lipinski definition) is 0. The molecule has 2 rings (SSSR count). The summed E-state index contributed by atoms with van der Waals surface area (Å²) in [5.74, 6) is -0.484.